The van der Waals surface area contributed by atoms with Gasteiger partial charge in [-0.1, -0.05) is 42.1 Å². The van der Waals surface area contributed by atoms with Crippen LogP contribution in [0.4, 0.5) is 0 Å². The molecule has 4 N–H and O–H groups in total. The molecule has 3 heterocycles. The van der Waals surface area contributed by atoms with Crippen molar-refractivity contribution in [2.45, 2.75) is 35.9 Å². The highest BCUT2D eigenvalue weighted by molar-refractivity contribution is 8.01. The fourth-order valence-electron chi connectivity index (χ4n) is 3.79. The first-order valence-corrected chi connectivity index (χ1v) is 13.0. The van der Waals surface area contributed by atoms with Gasteiger partial charge in [-0.3, -0.25) is 19.3 Å². The summed E-state index contributed by atoms with van der Waals surface area (Å²) in [5.74, 6) is -2.50. The van der Waals surface area contributed by atoms with Crippen LogP contribution in [0.15, 0.2) is 46.6 Å². The van der Waals surface area contributed by atoms with Crippen LogP contribution in [0, 0.1) is 0 Å². The van der Waals surface area contributed by atoms with E-state index in [1.54, 1.807) is 37.3 Å². The molecular formula is C22H23N5O7S2. The van der Waals surface area contributed by atoms with Crippen molar-refractivity contribution in [3.8, 4) is 0 Å². The van der Waals surface area contributed by atoms with Crippen molar-refractivity contribution in [3.05, 3.63) is 52.9 Å². The number of H-pyrrole nitrogens is 1. The Morgan fingerprint density at radius 1 is 1.31 bits per heavy atom. The van der Waals surface area contributed by atoms with Gasteiger partial charge in [0.2, 0.25) is 0 Å². The number of rotatable bonds is 10. The van der Waals surface area contributed by atoms with E-state index in [9.17, 15) is 29.4 Å². The number of aliphatic hydroxyl groups is 1. The third-order valence-electron chi connectivity index (χ3n) is 5.49. The summed E-state index contributed by atoms with van der Waals surface area (Å²) in [5, 5.41) is 33.0. The Labute approximate surface area is 213 Å². The molecule has 1 saturated heterocycles. The predicted octanol–water partition coefficient (Wildman–Crippen LogP) is 0.475. The monoisotopic (exact) mass is 533 g/mol. The molecule has 12 nitrogen and oxygen atoms in total. The van der Waals surface area contributed by atoms with Crippen LogP contribution in [-0.2, 0) is 30.3 Å². The zero-order valence-corrected chi connectivity index (χ0v) is 20.7. The van der Waals surface area contributed by atoms with Crippen molar-refractivity contribution in [2.75, 3.05) is 18.1 Å². The van der Waals surface area contributed by atoms with Gasteiger partial charge < -0.3 is 20.3 Å². The Kier molecular flexibility index (Phi) is 7.96. The molecule has 0 spiro atoms. The van der Waals surface area contributed by atoms with Crippen LogP contribution in [-0.4, -0.2) is 83.8 Å². The largest absolute Gasteiger partial charge is 0.477 e. The van der Waals surface area contributed by atoms with Gasteiger partial charge in [0.1, 0.15) is 27.8 Å². The minimum absolute atomic E-state index is 0.0743. The molecule has 2 aromatic rings. The van der Waals surface area contributed by atoms with Gasteiger partial charge in [0, 0.05) is 11.5 Å². The van der Waals surface area contributed by atoms with Crippen molar-refractivity contribution < 1.29 is 34.1 Å². The highest BCUT2D eigenvalue weighted by Crippen LogP contribution is 2.41. The van der Waals surface area contributed by atoms with Gasteiger partial charge in [0.25, 0.3) is 11.8 Å². The molecule has 1 aromatic carbocycles. The second-order valence-electron chi connectivity index (χ2n) is 7.81. The second-order valence-corrected chi connectivity index (χ2v) is 9.88. The SMILES string of the molecule is CCOC(=O)Cc1n[nH]nc1SCC1=C(C(=O)O)N2C(=O)C(NC(=O)[C@H](O)c3ccccc3)[C@H]2SC1. The third-order valence-corrected chi connectivity index (χ3v) is 7.93. The number of hydrogen-bond acceptors (Lipinski definition) is 10. The molecule has 36 heavy (non-hydrogen) atoms. The van der Waals surface area contributed by atoms with Gasteiger partial charge in [-0.2, -0.15) is 10.3 Å². The number of β-lactam (4-membered cyclic amide) rings is 1. The molecule has 3 atom stereocenters. The van der Waals surface area contributed by atoms with Gasteiger partial charge in [0.15, 0.2) is 6.10 Å². The van der Waals surface area contributed by atoms with E-state index in [0.29, 0.717) is 27.6 Å². The predicted molar refractivity (Wildman–Crippen MR) is 129 cm³/mol. The van der Waals surface area contributed by atoms with E-state index in [-0.39, 0.29) is 24.5 Å². The van der Waals surface area contributed by atoms with Gasteiger partial charge in [-0.05, 0) is 18.1 Å². The van der Waals surface area contributed by atoms with Gasteiger partial charge >= 0.3 is 11.9 Å². The Bertz CT molecular complexity index is 1200. The molecule has 0 saturated carbocycles. The number of carboxylic acids is 1. The molecular weight excluding hydrogens is 510 g/mol. The van der Waals surface area contributed by atoms with Crippen LogP contribution in [0.25, 0.3) is 0 Å². The van der Waals surface area contributed by atoms with E-state index in [4.69, 9.17) is 4.74 Å². The number of nitrogens with one attached hydrogen (secondary N) is 2. The van der Waals surface area contributed by atoms with Crippen molar-refractivity contribution in [1.82, 2.24) is 25.6 Å². The number of aliphatic carboxylic acids is 1. The van der Waals surface area contributed by atoms with E-state index in [0.717, 1.165) is 4.90 Å². The normalized spacial score (nSPS) is 19.8. The minimum Gasteiger partial charge on any atom is -0.477 e. The highest BCUT2D eigenvalue weighted by atomic mass is 32.2. The summed E-state index contributed by atoms with van der Waals surface area (Å²) >= 11 is 2.51. The molecule has 1 unspecified atom stereocenters. The topological polar surface area (TPSA) is 175 Å². The summed E-state index contributed by atoms with van der Waals surface area (Å²) in [4.78, 5) is 50.4. The summed E-state index contributed by atoms with van der Waals surface area (Å²) in [5.41, 5.74) is 1.13. The van der Waals surface area contributed by atoms with Gasteiger partial charge in [0.05, 0.1) is 13.0 Å². The molecule has 2 aliphatic heterocycles. The smallest absolute Gasteiger partial charge is 0.352 e. The number of esters is 1. The zero-order chi connectivity index (χ0) is 25.8. The average molecular weight is 534 g/mol. The number of aliphatic hydroxyl groups excluding tert-OH is 1. The van der Waals surface area contributed by atoms with E-state index in [1.807, 2.05) is 0 Å². The molecule has 0 aliphatic carbocycles. The Morgan fingerprint density at radius 2 is 2.06 bits per heavy atom. The standard InChI is InChI=1S/C22H23N5O7S2/c1-2-34-14(28)8-13-19(25-26-24-13)35-9-12-10-36-21-15(20(31)27(21)16(12)22(32)33)23-18(30)17(29)11-6-4-3-5-7-11/h3-7,15,17,21,29H,2,8-10H2,1H3,(H,23,30)(H,32,33)(H,24,25,26)/t15?,17-,21-/m1/s1. The number of carboxylic acid groups (broad SMARTS) is 1. The lowest BCUT2D eigenvalue weighted by Crippen LogP contribution is -2.70. The van der Waals surface area contributed by atoms with Crippen molar-refractivity contribution >= 4 is 47.3 Å². The molecule has 1 fully saturated rings. The fourth-order valence-corrected chi connectivity index (χ4v) is 6.21. The number of carbonyl (C=O) groups excluding carboxylic acids is 3. The Morgan fingerprint density at radius 3 is 2.75 bits per heavy atom. The number of carbonyl (C=O) groups is 4. The Balaban J connectivity index is 1.43. The zero-order valence-electron chi connectivity index (χ0n) is 19.0. The molecule has 0 radical (unpaired) electrons. The number of nitrogens with zero attached hydrogens (tertiary/aromatic N) is 3. The lowest BCUT2D eigenvalue weighted by atomic mass is 10.0. The number of benzene rings is 1. The number of ether oxygens (including phenoxy) is 1. The first-order chi connectivity index (χ1) is 17.3. The Hall–Kier alpha value is -3.36. The van der Waals surface area contributed by atoms with Crippen molar-refractivity contribution in [3.63, 3.8) is 0 Å². The summed E-state index contributed by atoms with van der Waals surface area (Å²) in [6.45, 7) is 1.94. The highest BCUT2D eigenvalue weighted by Gasteiger charge is 2.54. The number of hydrogen-bond donors (Lipinski definition) is 4. The molecule has 4 rings (SSSR count). The molecule has 2 aliphatic rings. The lowest BCUT2D eigenvalue weighted by Gasteiger charge is -2.49. The summed E-state index contributed by atoms with van der Waals surface area (Å²) in [7, 11) is 0. The van der Waals surface area contributed by atoms with Crippen molar-refractivity contribution in [1.29, 1.82) is 0 Å². The molecule has 0 bridgehead atoms. The van der Waals surface area contributed by atoms with Crippen LogP contribution in [0.5, 0.6) is 0 Å². The number of amides is 2. The quantitative estimate of drug-likeness (QED) is 0.190. The van der Waals surface area contributed by atoms with E-state index in [2.05, 4.69) is 20.7 Å². The molecule has 14 heteroatoms. The number of fused-ring (bicyclic) bond motifs is 1. The lowest BCUT2D eigenvalue weighted by molar-refractivity contribution is -0.151. The van der Waals surface area contributed by atoms with Crippen molar-refractivity contribution in [2.24, 2.45) is 0 Å². The average Bonchev–Trinajstić information content (AvgIpc) is 3.31. The van der Waals surface area contributed by atoms with Gasteiger partial charge in [-0.15, -0.1) is 16.9 Å². The van der Waals surface area contributed by atoms with E-state index >= 15 is 0 Å². The maximum atomic E-state index is 12.9. The molecule has 1 aromatic heterocycles. The number of thioether (sulfide) groups is 2. The second kappa shape index (κ2) is 11.1. The maximum Gasteiger partial charge on any atom is 0.352 e. The number of aromatic amines is 1. The summed E-state index contributed by atoms with van der Waals surface area (Å²) in [6, 6.07) is 7.35. The number of aromatic nitrogens is 3. The van der Waals surface area contributed by atoms with Crippen LogP contribution in [0.2, 0.25) is 0 Å². The van der Waals surface area contributed by atoms with E-state index in [1.165, 1.54) is 23.5 Å². The minimum atomic E-state index is -1.45. The first kappa shape index (κ1) is 25.7. The maximum absolute atomic E-state index is 12.9. The summed E-state index contributed by atoms with van der Waals surface area (Å²) < 4.78 is 4.93. The van der Waals surface area contributed by atoms with Crippen LogP contribution in [0.1, 0.15) is 24.3 Å². The van der Waals surface area contributed by atoms with Crippen LogP contribution >= 0.6 is 23.5 Å². The molecule has 190 valence electrons. The third kappa shape index (κ3) is 5.24. The van der Waals surface area contributed by atoms with E-state index < -0.39 is 41.3 Å². The van der Waals surface area contributed by atoms with Gasteiger partial charge in [-0.25, -0.2) is 4.79 Å². The first-order valence-electron chi connectivity index (χ1n) is 10.9. The van der Waals surface area contributed by atoms with Crippen LogP contribution < -0.4 is 5.32 Å². The summed E-state index contributed by atoms with van der Waals surface area (Å²) in [6.07, 6.45) is -1.52. The molecule has 2 amide bonds. The fraction of sp³-hybridized carbons (Fsp3) is 0.364. The van der Waals surface area contributed by atoms with Crippen LogP contribution in [0.3, 0.4) is 0 Å².